The van der Waals surface area contributed by atoms with Gasteiger partial charge in [-0.3, -0.25) is 10.1 Å². The molecule has 0 saturated carbocycles. The van der Waals surface area contributed by atoms with Gasteiger partial charge in [-0.15, -0.1) is 0 Å². The SMILES string of the molecule is CCC(Nc1ccc([N+](=O)[O-])cc1C)c1ccc(Br)cc1. The van der Waals surface area contributed by atoms with E-state index in [1.165, 1.54) is 11.6 Å². The Kier molecular flexibility index (Phi) is 4.96. The number of non-ortho nitro benzene ring substituents is 1. The Labute approximate surface area is 132 Å². The van der Waals surface area contributed by atoms with Crippen LogP contribution in [-0.2, 0) is 0 Å². The normalized spacial score (nSPS) is 12.0. The summed E-state index contributed by atoms with van der Waals surface area (Å²) >= 11 is 3.43. The van der Waals surface area contributed by atoms with Crippen LogP contribution < -0.4 is 5.32 Å². The first-order chi connectivity index (χ1) is 10.0. The first-order valence-corrected chi connectivity index (χ1v) is 7.57. The van der Waals surface area contributed by atoms with E-state index in [4.69, 9.17) is 0 Å². The average molecular weight is 349 g/mol. The van der Waals surface area contributed by atoms with Crippen molar-refractivity contribution >= 4 is 27.3 Å². The Morgan fingerprint density at radius 2 is 1.90 bits per heavy atom. The van der Waals surface area contributed by atoms with Gasteiger partial charge in [-0.25, -0.2) is 0 Å². The summed E-state index contributed by atoms with van der Waals surface area (Å²) in [5, 5.41) is 14.2. The molecular formula is C16H17BrN2O2. The molecule has 0 amide bonds. The van der Waals surface area contributed by atoms with E-state index in [1.54, 1.807) is 12.1 Å². The van der Waals surface area contributed by atoms with Crippen LogP contribution in [0, 0.1) is 17.0 Å². The molecule has 0 radical (unpaired) electrons. The van der Waals surface area contributed by atoms with E-state index >= 15 is 0 Å². The van der Waals surface area contributed by atoms with Crippen LogP contribution in [0.15, 0.2) is 46.9 Å². The lowest BCUT2D eigenvalue weighted by molar-refractivity contribution is -0.384. The molecule has 4 nitrogen and oxygen atoms in total. The summed E-state index contributed by atoms with van der Waals surface area (Å²) in [7, 11) is 0. The number of nitro benzene ring substituents is 1. The molecule has 0 heterocycles. The predicted octanol–water partition coefficient (Wildman–Crippen LogP) is 5.23. The molecule has 0 aliphatic heterocycles. The maximum atomic E-state index is 10.8. The summed E-state index contributed by atoms with van der Waals surface area (Å²) in [6, 6.07) is 13.3. The van der Waals surface area contributed by atoms with Gasteiger partial charge in [-0.1, -0.05) is 35.0 Å². The summed E-state index contributed by atoms with van der Waals surface area (Å²) in [6.07, 6.45) is 0.929. The molecule has 21 heavy (non-hydrogen) atoms. The first-order valence-electron chi connectivity index (χ1n) is 6.78. The number of benzene rings is 2. The third kappa shape index (κ3) is 3.82. The summed E-state index contributed by atoms with van der Waals surface area (Å²) in [5.41, 5.74) is 3.11. The van der Waals surface area contributed by atoms with Crippen LogP contribution in [0.25, 0.3) is 0 Å². The number of hydrogen-bond donors (Lipinski definition) is 1. The van der Waals surface area contributed by atoms with Gasteiger partial charge in [0.25, 0.3) is 5.69 Å². The molecule has 2 aromatic carbocycles. The monoisotopic (exact) mass is 348 g/mol. The fourth-order valence-electron chi connectivity index (χ4n) is 2.23. The number of aryl methyl sites for hydroxylation is 1. The lowest BCUT2D eigenvalue weighted by atomic mass is 10.0. The molecule has 1 atom stereocenters. The van der Waals surface area contributed by atoms with Gasteiger partial charge in [0, 0.05) is 22.3 Å². The van der Waals surface area contributed by atoms with E-state index in [0.717, 1.165) is 22.1 Å². The summed E-state index contributed by atoms with van der Waals surface area (Å²) < 4.78 is 1.05. The number of hydrogen-bond acceptors (Lipinski definition) is 3. The first kappa shape index (κ1) is 15.5. The van der Waals surface area contributed by atoms with Crippen molar-refractivity contribution in [2.45, 2.75) is 26.3 Å². The zero-order valence-electron chi connectivity index (χ0n) is 12.0. The molecule has 2 rings (SSSR count). The van der Waals surface area contributed by atoms with Crippen LogP contribution in [-0.4, -0.2) is 4.92 Å². The van der Waals surface area contributed by atoms with Crippen molar-refractivity contribution in [3.05, 3.63) is 68.2 Å². The van der Waals surface area contributed by atoms with Crippen LogP contribution in [0.3, 0.4) is 0 Å². The van der Waals surface area contributed by atoms with Gasteiger partial charge in [0.2, 0.25) is 0 Å². The molecule has 5 heteroatoms. The average Bonchev–Trinajstić information content (AvgIpc) is 2.47. The minimum absolute atomic E-state index is 0.120. The summed E-state index contributed by atoms with van der Waals surface area (Å²) in [5.74, 6) is 0. The number of nitrogens with one attached hydrogen (secondary N) is 1. The maximum Gasteiger partial charge on any atom is 0.269 e. The van der Waals surface area contributed by atoms with Gasteiger partial charge in [0.15, 0.2) is 0 Å². The number of halogens is 1. The Morgan fingerprint density at radius 1 is 1.24 bits per heavy atom. The second-order valence-corrected chi connectivity index (χ2v) is 5.83. The minimum atomic E-state index is -0.372. The van der Waals surface area contributed by atoms with Crippen molar-refractivity contribution < 1.29 is 4.92 Å². The largest absolute Gasteiger partial charge is 0.378 e. The van der Waals surface area contributed by atoms with E-state index in [-0.39, 0.29) is 16.7 Å². The molecule has 0 saturated heterocycles. The van der Waals surface area contributed by atoms with Crippen molar-refractivity contribution in [1.82, 2.24) is 0 Å². The highest BCUT2D eigenvalue weighted by Crippen LogP contribution is 2.27. The van der Waals surface area contributed by atoms with Crippen LogP contribution >= 0.6 is 15.9 Å². The van der Waals surface area contributed by atoms with Crippen molar-refractivity contribution in [2.75, 3.05) is 5.32 Å². The molecule has 1 N–H and O–H groups in total. The molecule has 2 aromatic rings. The van der Waals surface area contributed by atoms with Gasteiger partial charge >= 0.3 is 0 Å². The smallest absolute Gasteiger partial charge is 0.269 e. The lowest BCUT2D eigenvalue weighted by Gasteiger charge is -2.20. The number of nitro groups is 1. The maximum absolute atomic E-state index is 10.8. The van der Waals surface area contributed by atoms with Crippen LogP contribution in [0.4, 0.5) is 11.4 Å². The van der Waals surface area contributed by atoms with Gasteiger partial charge in [0.1, 0.15) is 0 Å². The molecular weight excluding hydrogens is 332 g/mol. The van der Waals surface area contributed by atoms with Gasteiger partial charge in [-0.05, 0) is 42.7 Å². The van der Waals surface area contributed by atoms with E-state index in [2.05, 4.69) is 40.3 Å². The second-order valence-electron chi connectivity index (χ2n) is 4.91. The zero-order valence-corrected chi connectivity index (χ0v) is 13.6. The number of rotatable bonds is 5. The Bertz CT molecular complexity index is 641. The van der Waals surface area contributed by atoms with E-state index in [9.17, 15) is 10.1 Å². The fraction of sp³-hybridized carbons (Fsp3) is 0.250. The molecule has 0 aliphatic carbocycles. The summed E-state index contributed by atoms with van der Waals surface area (Å²) in [6.45, 7) is 3.99. The quantitative estimate of drug-likeness (QED) is 0.594. The highest BCUT2D eigenvalue weighted by Gasteiger charge is 2.12. The zero-order chi connectivity index (χ0) is 15.4. The van der Waals surface area contributed by atoms with Gasteiger partial charge < -0.3 is 5.32 Å². The highest BCUT2D eigenvalue weighted by atomic mass is 79.9. The minimum Gasteiger partial charge on any atom is -0.378 e. The molecule has 0 spiro atoms. The topological polar surface area (TPSA) is 55.2 Å². The van der Waals surface area contributed by atoms with Crippen LogP contribution in [0.2, 0.25) is 0 Å². The Morgan fingerprint density at radius 3 is 2.43 bits per heavy atom. The van der Waals surface area contributed by atoms with Crippen molar-refractivity contribution in [1.29, 1.82) is 0 Å². The van der Waals surface area contributed by atoms with Crippen molar-refractivity contribution in [2.24, 2.45) is 0 Å². The molecule has 1 unspecified atom stereocenters. The Balaban J connectivity index is 2.22. The van der Waals surface area contributed by atoms with E-state index in [1.807, 2.05) is 19.1 Å². The van der Waals surface area contributed by atoms with Crippen LogP contribution in [0.1, 0.15) is 30.5 Å². The van der Waals surface area contributed by atoms with Gasteiger partial charge in [-0.2, -0.15) is 0 Å². The third-order valence-corrected chi connectivity index (χ3v) is 3.96. The highest BCUT2D eigenvalue weighted by molar-refractivity contribution is 9.10. The van der Waals surface area contributed by atoms with E-state index in [0.29, 0.717) is 0 Å². The second kappa shape index (κ2) is 6.72. The molecule has 110 valence electrons. The predicted molar refractivity (Wildman–Crippen MR) is 88.6 cm³/mol. The fourth-order valence-corrected chi connectivity index (χ4v) is 2.49. The molecule has 0 fully saturated rings. The molecule has 0 bridgehead atoms. The van der Waals surface area contributed by atoms with Crippen molar-refractivity contribution in [3.63, 3.8) is 0 Å². The lowest BCUT2D eigenvalue weighted by Crippen LogP contribution is -2.10. The standard InChI is InChI=1S/C16H17BrN2O2/c1-3-15(12-4-6-13(17)7-5-12)18-16-9-8-14(19(20)21)10-11(16)2/h4-10,15,18H,3H2,1-2H3. The number of nitrogens with zero attached hydrogens (tertiary/aromatic N) is 1. The Hall–Kier alpha value is -1.88. The summed E-state index contributed by atoms with van der Waals surface area (Å²) in [4.78, 5) is 10.4. The molecule has 0 aromatic heterocycles. The number of anilines is 1. The van der Waals surface area contributed by atoms with Crippen LogP contribution in [0.5, 0.6) is 0 Å². The van der Waals surface area contributed by atoms with E-state index < -0.39 is 0 Å². The van der Waals surface area contributed by atoms with Gasteiger partial charge in [0.05, 0.1) is 11.0 Å². The molecule has 0 aliphatic rings. The third-order valence-electron chi connectivity index (χ3n) is 3.43. The van der Waals surface area contributed by atoms with Crippen molar-refractivity contribution in [3.8, 4) is 0 Å².